The summed E-state index contributed by atoms with van der Waals surface area (Å²) in [5, 5.41) is 2.95. The number of carbonyl (C=O) groups is 1. The zero-order valence-electron chi connectivity index (χ0n) is 14.5. The summed E-state index contributed by atoms with van der Waals surface area (Å²) in [5.41, 5.74) is 6.19. The molecule has 0 spiro atoms. The summed E-state index contributed by atoms with van der Waals surface area (Å²) in [7, 11) is 0. The number of hydrogen-bond donors (Lipinski definition) is 2. The number of nitrogens with one attached hydrogen (secondary N) is 1. The van der Waals surface area contributed by atoms with E-state index in [2.05, 4.69) is 24.1 Å². The zero-order valence-corrected chi connectivity index (χ0v) is 14.5. The van der Waals surface area contributed by atoms with Crippen LogP contribution in [0.2, 0.25) is 0 Å². The molecule has 1 fully saturated rings. The van der Waals surface area contributed by atoms with E-state index in [1.54, 1.807) is 0 Å². The molecule has 1 aromatic carbocycles. The van der Waals surface area contributed by atoms with Crippen molar-refractivity contribution < 1.29 is 14.3 Å². The van der Waals surface area contributed by atoms with Gasteiger partial charge < -0.3 is 20.5 Å². The van der Waals surface area contributed by atoms with Gasteiger partial charge >= 0.3 is 0 Å². The molecule has 0 saturated carbocycles. The minimum Gasteiger partial charge on any atom is -0.486 e. The van der Waals surface area contributed by atoms with E-state index in [1.807, 2.05) is 24.3 Å². The van der Waals surface area contributed by atoms with E-state index < -0.39 is 0 Å². The number of rotatable bonds is 4. The number of ether oxygens (including phenoxy) is 2. The van der Waals surface area contributed by atoms with Crippen molar-refractivity contribution >= 4 is 5.91 Å². The minimum atomic E-state index is -0.157. The number of benzene rings is 1. The first kappa shape index (κ1) is 17.0. The highest BCUT2D eigenvalue weighted by molar-refractivity contribution is 5.78. The SMILES string of the molecule is CC1(C)CN(CC(=O)NCC2COc3ccccc3O2)CCC1N. The van der Waals surface area contributed by atoms with E-state index in [0.717, 1.165) is 31.0 Å². The Morgan fingerprint density at radius 3 is 2.88 bits per heavy atom. The Bertz CT molecular complexity index is 591. The highest BCUT2D eigenvalue weighted by Crippen LogP contribution is 2.30. The highest BCUT2D eigenvalue weighted by atomic mass is 16.6. The standard InChI is InChI=1S/C18H27N3O3/c1-18(2)12-21(8-7-16(18)19)10-17(22)20-9-13-11-23-14-5-3-4-6-15(14)24-13/h3-6,13,16H,7-12,19H2,1-2H3,(H,20,22). The molecular weight excluding hydrogens is 306 g/mol. The summed E-state index contributed by atoms with van der Waals surface area (Å²) >= 11 is 0. The second-order valence-electron chi connectivity index (χ2n) is 7.40. The molecule has 2 heterocycles. The Morgan fingerprint density at radius 1 is 1.38 bits per heavy atom. The number of amides is 1. The predicted octanol–water partition coefficient (Wildman–Crippen LogP) is 1.00. The average molecular weight is 333 g/mol. The molecule has 2 aliphatic heterocycles. The molecule has 0 radical (unpaired) electrons. The van der Waals surface area contributed by atoms with Crippen LogP contribution < -0.4 is 20.5 Å². The first-order valence-corrected chi connectivity index (χ1v) is 8.57. The zero-order chi connectivity index (χ0) is 17.2. The largest absolute Gasteiger partial charge is 0.486 e. The number of carbonyl (C=O) groups excluding carboxylic acids is 1. The second-order valence-corrected chi connectivity index (χ2v) is 7.40. The maximum absolute atomic E-state index is 12.2. The highest BCUT2D eigenvalue weighted by Gasteiger charge is 2.34. The van der Waals surface area contributed by atoms with Crippen molar-refractivity contribution in [2.75, 3.05) is 32.8 Å². The molecular formula is C18H27N3O3. The van der Waals surface area contributed by atoms with E-state index in [-0.39, 0.29) is 23.5 Å². The third kappa shape index (κ3) is 3.99. The van der Waals surface area contributed by atoms with Crippen LogP contribution in [0, 0.1) is 5.41 Å². The van der Waals surface area contributed by atoms with Gasteiger partial charge in [-0.25, -0.2) is 0 Å². The lowest BCUT2D eigenvalue weighted by atomic mass is 9.80. The van der Waals surface area contributed by atoms with E-state index in [1.165, 1.54) is 0 Å². The van der Waals surface area contributed by atoms with Gasteiger partial charge in [0.05, 0.1) is 13.1 Å². The van der Waals surface area contributed by atoms with E-state index in [0.29, 0.717) is 19.7 Å². The topological polar surface area (TPSA) is 76.8 Å². The third-order valence-corrected chi connectivity index (χ3v) is 4.85. The van der Waals surface area contributed by atoms with E-state index in [4.69, 9.17) is 15.2 Å². The van der Waals surface area contributed by atoms with Crippen molar-refractivity contribution in [1.29, 1.82) is 0 Å². The molecule has 2 atom stereocenters. The molecule has 0 bridgehead atoms. The monoisotopic (exact) mass is 333 g/mol. The van der Waals surface area contributed by atoms with Gasteiger partial charge in [-0.15, -0.1) is 0 Å². The maximum Gasteiger partial charge on any atom is 0.234 e. The van der Waals surface area contributed by atoms with Crippen molar-refractivity contribution in [3.8, 4) is 11.5 Å². The Balaban J connectivity index is 1.44. The first-order chi connectivity index (χ1) is 11.4. The predicted molar refractivity (Wildman–Crippen MR) is 92.2 cm³/mol. The lowest BCUT2D eigenvalue weighted by Crippen LogP contribution is -2.54. The van der Waals surface area contributed by atoms with Gasteiger partial charge in [-0.2, -0.15) is 0 Å². The molecule has 132 valence electrons. The lowest BCUT2D eigenvalue weighted by molar-refractivity contribution is -0.123. The molecule has 1 aromatic rings. The van der Waals surface area contributed by atoms with Gasteiger partial charge in [0.2, 0.25) is 5.91 Å². The van der Waals surface area contributed by atoms with Crippen molar-refractivity contribution in [2.45, 2.75) is 32.4 Å². The molecule has 2 aliphatic rings. The summed E-state index contributed by atoms with van der Waals surface area (Å²) in [6.07, 6.45) is 0.770. The number of nitrogens with two attached hydrogens (primary N) is 1. The third-order valence-electron chi connectivity index (χ3n) is 4.85. The Hall–Kier alpha value is -1.79. The number of nitrogens with zero attached hydrogens (tertiary/aromatic N) is 1. The molecule has 1 amide bonds. The number of hydrogen-bond acceptors (Lipinski definition) is 5. The van der Waals surface area contributed by atoms with Gasteiger partial charge in [-0.1, -0.05) is 26.0 Å². The van der Waals surface area contributed by atoms with Gasteiger partial charge in [-0.05, 0) is 24.0 Å². The minimum absolute atomic E-state index is 0.0173. The molecule has 6 nitrogen and oxygen atoms in total. The van der Waals surface area contributed by atoms with Crippen LogP contribution in [0.25, 0.3) is 0 Å². The molecule has 1 saturated heterocycles. The van der Waals surface area contributed by atoms with Crippen LogP contribution in [0.1, 0.15) is 20.3 Å². The quantitative estimate of drug-likeness (QED) is 0.860. The van der Waals surface area contributed by atoms with Crippen molar-refractivity contribution in [3.63, 3.8) is 0 Å². The Kier molecular flexibility index (Phi) is 4.96. The van der Waals surface area contributed by atoms with Crippen LogP contribution in [0.5, 0.6) is 11.5 Å². The van der Waals surface area contributed by atoms with Gasteiger partial charge in [0, 0.05) is 19.1 Å². The Morgan fingerprint density at radius 2 is 2.12 bits per heavy atom. The first-order valence-electron chi connectivity index (χ1n) is 8.57. The van der Waals surface area contributed by atoms with Crippen LogP contribution in [0.15, 0.2) is 24.3 Å². The Labute approximate surface area is 143 Å². The normalized spacial score (nSPS) is 26.0. The number of likely N-dealkylation sites (tertiary alicyclic amines) is 1. The summed E-state index contributed by atoms with van der Waals surface area (Å²) < 4.78 is 11.5. The number of para-hydroxylation sites is 2. The fourth-order valence-electron chi connectivity index (χ4n) is 3.27. The summed E-state index contributed by atoms with van der Waals surface area (Å²) in [6.45, 7) is 7.33. The van der Waals surface area contributed by atoms with Crippen LogP contribution in [0.3, 0.4) is 0 Å². The summed E-state index contributed by atoms with van der Waals surface area (Å²) in [6, 6.07) is 7.78. The molecule has 6 heteroatoms. The van der Waals surface area contributed by atoms with Crippen LogP contribution in [-0.4, -0.2) is 55.7 Å². The van der Waals surface area contributed by atoms with Crippen LogP contribution in [0.4, 0.5) is 0 Å². The van der Waals surface area contributed by atoms with Crippen LogP contribution in [-0.2, 0) is 4.79 Å². The molecule has 3 N–H and O–H groups in total. The van der Waals surface area contributed by atoms with Crippen molar-refractivity contribution in [1.82, 2.24) is 10.2 Å². The van der Waals surface area contributed by atoms with Crippen molar-refractivity contribution in [2.24, 2.45) is 11.1 Å². The second kappa shape index (κ2) is 6.99. The molecule has 0 aliphatic carbocycles. The van der Waals surface area contributed by atoms with Gasteiger partial charge in [-0.3, -0.25) is 9.69 Å². The maximum atomic E-state index is 12.2. The smallest absolute Gasteiger partial charge is 0.234 e. The fraction of sp³-hybridized carbons (Fsp3) is 0.611. The summed E-state index contributed by atoms with van der Waals surface area (Å²) in [4.78, 5) is 14.4. The van der Waals surface area contributed by atoms with Crippen LogP contribution >= 0.6 is 0 Å². The molecule has 3 rings (SSSR count). The van der Waals surface area contributed by atoms with E-state index >= 15 is 0 Å². The van der Waals surface area contributed by atoms with E-state index in [9.17, 15) is 4.79 Å². The fourth-order valence-corrected chi connectivity index (χ4v) is 3.27. The number of fused-ring (bicyclic) bond motifs is 1. The van der Waals surface area contributed by atoms with Gasteiger partial charge in [0.15, 0.2) is 11.5 Å². The molecule has 0 aromatic heterocycles. The average Bonchev–Trinajstić information content (AvgIpc) is 2.56. The lowest BCUT2D eigenvalue weighted by Gasteiger charge is -2.42. The number of piperidine rings is 1. The molecule has 24 heavy (non-hydrogen) atoms. The van der Waals surface area contributed by atoms with Crippen molar-refractivity contribution in [3.05, 3.63) is 24.3 Å². The molecule has 2 unspecified atom stereocenters. The van der Waals surface area contributed by atoms with Gasteiger partial charge in [0.1, 0.15) is 12.7 Å². The van der Waals surface area contributed by atoms with Gasteiger partial charge in [0.25, 0.3) is 0 Å². The summed E-state index contributed by atoms with van der Waals surface area (Å²) in [5.74, 6) is 1.51.